The molecule has 1 aliphatic heterocycles. The van der Waals surface area contributed by atoms with Gasteiger partial charge < -0.3 is 18.9 Å². The first-order chi connectivity index (χ1) is 14.2. The number of ether oxygens (including phenoxy) is 2. The molecule has 2 aromatic carbocycles. The number of carbonyl (C=O) groups is 1. The third-order valence-corrected chi connectivity index (χ3v) is 5.68. The Morgan fingerprint density at radius 3 is 2.86 bits per heavy atom. The summed E-state index contributed by atoms with van der Waals surface area (Å²) < 4.78 is 13.2. The van der Waals surface area contributed by atoms with Gasteiger partial charge in [-0.05, 0) is 36.9 Å². The molecule has 0 bridgehead atoms. The zero-order valence-corrected chi connectivity index (χ0v) is 17.1. The summed E-state index contributed by atoms with van der Waals surface area (Å²) in [5, 5.41) is 1.17. The normalized spacial score (nSPS) is 15.7. The van der Waals surface area contributed by atoms with Crippen molar-refractivity contribution in [3.8, 4) is 5.75 Å². The first-order valence-electron chi connectivity index (χ1n) is 10.2. The maximum atomic E-state index is 13.5. The molecule has 1 atom stereocenters. The molecule has 2 heterocycles. The molecule has 0 saturated heterocycles. The number of carbonyl (C=O) groups excluding carboxylic acids is 1. The SMILES string of the molecule is COCCCN(C(=O)Cn1c(C)cc2ccccc21)C1CCOc2ccccc21. The van der Waals surface area contributed by atoms with Crippen molar-refractivity contribution in [1.29, 1.82) is 0 Å². The molecule has 29 heavy (non-hydrogen) atoms. The zero-order valence-electron chi connectivity index (χ0n) is 17.1. The maximum absolute atomic E-state index is 13.5. The highest BCUT2D eigenvalue weighted by atomic mass is 16.5. The molecule has 0 aliphatic carbocycles. The predicted octanol–water partition coefficient (Wildman–Crippen LogP) is 4.34. The monoisotopic (exact) mass is 392 g/mol. The van der Waals surface area contributed by atoms with E-state index in [2.05, 4.69) is 35.8 Å². The van der Waals surface area contributed by atoms with E-state index in [0.717, 1.165) is 35.4 Å². The molecular formula is C24H28N2O3. The number of hydrogen-bond acceptors (Lipinski definition) is 3. The highest BCUT2D eigenvalue weighted by Gasteiger charge is 2.30. The van der Waals surface area contributed by atoms with Gasteiger partial charge in [0, 0.05) is 43.5 Å². The Labute approximate surface area is 171 Å². The lowest BCUT2D eigenvalue weighted by Crippen LogP contribution is -2.40. The quantitative estimate of drug-likeness (QED) is 0.562. The summed E-state index contributed by atoms with van der Waals surface area (Å²) in [5.41, 5.74) is 3.30. The average molecular weight is 392 g/mol. The number of para-hydroxylation sites is 2. The Morgan fingerprint density at radius 1 is 1.21 bits per heavy atom. The fourth-order valence-electron chi connectivity index (χ4n) is 4.26. The van der Waals surface area contributed by atoms with Gasteiger partial charge in [-0.2, -0.15) is 0 Å². The highest BCUT2D eigenvalue weighted by molar-refractivity contribution is 5.84. The second-order valence-electron chi connectivity index (χ2n) is 7.55. The predicted molar refractivity (Wildman–Crippen MR) is 114 cm³/mol. The van der Waals surface area contributed by atoms with Gasteiger partial charge in [0.05, 0.1) is 12.6 Å². The molecule has 1 aromatic heterocycles. The number of methoxy groups -OCH3 is 1. The lowest BCUT2D eigenvalue weighted by atomic mass is 9.98. The van der Waals surface area contributed by atoms with E-state index in [4.69, 9.17) is 9.47 Å². The fourth-order valence-corrected chi connectivity index (χ4v) is 4.26. The molecule has 0 fully saturated rings. The van der Waals surface area contributed by atoms with Crippen LogP contribution in [-0.4, -0.2) is 42.2 Å². The van der Waals surface area contributed by atoms with Gasteiger partial charge in [-0.3, -0.25) is 4.79 Å². The van der Waals surface area contributed by atoms with E-state index >= 15 is 0 Å². The molecule has 0 radical (unpaired) electrons. The minimum atomic E-state index is 0.0337. The summed E-state index contributed by atoms with van der Waals surface area (Å²) in [7, 11) is 1.70. The Bertz CT molecular complexity index is 995. The van der Waals surface area contributed by atoms with Crippen molar-refractivity contribution >= 4 is 16.8 Å². The molecule has 1 unspecified atom stereocenters. The van der Waals surface area contributed by atoms with Crippen LogP contribution in [-0.2, 0) is 16.1 Å². The lowest BCUT2D eigenvalue weighted by Gasteiger charge is -2.36. The molecule has 0 spiro atoms. The van der Waals surface area contributed by atoms with Gasteiger partial charge >= 0.3 is 0 Å². The van der Waals surface area contributed by atoms with Crippen molar-refractivity contribution in [3.05, 3.63) is 65.9 Å². The van der Waals surface area contributed by atoms with Gasteiger partial charge in [-0.15, -0.1) is 0 Å². The Kier molecular flexibility index (Phi) is 5.86. The van der Waals surface area contributed by atoms with E-state index in [1.165, 1.54) is 5.39 Å². The van der Waals surface area contributed by atoms with Gasteiger partial charge in [0.25, 0.3) is 0 Å². The van der Waals surface area contributed by atoms with Crippen LogP contribution < -0.4 is 4.74 Å². The number of rotatable bonds is 7. The first-order valence-corrected chi connectivity index (χ1v) is 10.2. The molecule has 1 amide bonds. The van der Waals surface area contributed by atoms with E-state index in [1.807, 2.05) is 35.2 Å². The van der Waals surface area contributed by atoms with E-state index < -0.39 is 0 Å². The van der Waals surface area contributed by atoms with Crippen LogP contribution in [0.2, 0.25) is 0 Å². The summed E-state index contributed by atoms with van der Waals surface area (Å²) >= 11 is 0. The Hall–Kier alpha value is -2.79. The molecular weight excluding hydrogens is 364 g/mol. The van der Waals surface area contributed by atoms with Crippen LogP contribution in [0.4, 0.5) is 0 Å². The topological polar surface area (TPSA) is 43.7 Å². The number of hydrogen-bond donors (Lipinski definition) is 0. The number of fused-ring (bicyclic) bond motifs is 2. The summed E-state index contributed by atoms with van der Waals surface area (Å²) in [5.74, 6) is 1.02. The van der Waals surface area contributed by atoms with Crippen LogP contribution in [0.5, 0.6) is 5.75 Å². The molecule has 0 saturated carbocycles. The third kappa shape index (κ3) is 4.01. The standard InChI is InChI=1S/C24H28N2O3/c1-18-16-19-8-3-5-10-21(19)26(18)17-24(27)25(13-7-14-28-2)22-12-15-29-23-11-6-4-9-20(22)23/h3-6,8-11,16,22H,7,12-15,17H2,1-2H3. The maximum Gasteiger partial charge on any atom is 0.243 e. The molecule has 4 rings (SSSR count). The van der Waals surface area contributed by atoms with Gasteiger partial charge in [-0.1, -0.05) is 36.4 Å². The van der Waals surface area contributed by atoms with Crippen molar-refractivity contribution in [1.82, 2.24) is 9.47 Å². The second-order valence-corrected chi connectivity index (χ2v) is 7.55. The first kappa shape index (κ1) is 19.5. The van der Waals surface area contributed by atoms with Crippen molar-refractivity contribution in [3.63, 3.8) is 0 Å². The van der Waals surface area contributed by atoms with E-state index in [0.29, 0.717) is 26.3 Å². The zero-order chi connectivity index (χ0) is 20.2. The van der Waals surface area contributed by atoms with E-state index in [1.54, 1.807) is 7.11 Å². The molecule has 1 aliphatic rings. The van der Waals surface area contributed by atoms with Crippen LogP contribution in [0.1, 0.15) is 30.1 Å². The van der Waals surface area contributed by atoms with Crippen LogP contribution in [0.25, 0.3) is 10.9 Å². The number of aryl methyl sites for hydroxylation is 1. The van der Waals surface area contributed by atoms with E-state index in [-0.39, 0.29) is 11.9 Å². The number of nitrogens with zero attached hydrogens (tertiary/aromatic N) is 2. The van der Waals surface area contributed by atoms with Crippen LogP contribution >= 0.6 is 0 Å². The fraction of sp³-hybridized carbons (Fsp3) is 0.375. The smallest absolute Gasteiger partial charge is 0.243 e. The van der Waals surface area contributed by atoms with E-state index in [9.17, 15) is 4.79 Å². The van der Waals surface area contributed by atoms with Gasteiger partial charge in [0.1, 0.15) is 12.3 Å². The largest absolute Gasteiger partial charge is 0.493 e. The van der Waals surface area contributed by atoms with Crippen molar-refractivity contribution in [2.45, 2.75) is 32.4 Å². The van der Waals surface area contributed by atoms with Crippen LogP contribution in [0.15, 0.2) is 54.6 Å². The second kappa shape index (κ2) is 8.70. The third-order valence-electron chi connectivity index (χ3n) is 5.68. The summed E-state index contributed by atoms with van der Waals surface area (Å²) in [6.07, 6.45) is 1.62. The summed E-state index contributed by atoms with van der Waals surface area (Å²) in [6.45, 7) is 4.34. The summed E-state index contributed by atoms with van der Waals surface area (Å²) in [6, 6.07) is 18.5. The van der Waals surface area contributed by atoms with Gasteiger partial charge in [0.15, 0.2) is 0 Å². The minimum absolute atomic E-state index is 0.0337. The molecule has 5 nitrogen and oxygen atoms in total. The number of aromatic nitrogens is 1. The Morgan fingerprint density at radius 2 is 2.00 bits per heavy atom. The van der Waals surface area contributed by atoms with Gasteiger partial charge in [0.2, 0.25) is 5.91 Å². The molecule has 5 heteroatoms. The highest BCUT2D eigenvalue weighted by Crippen LogP contribution is 2.36. The molecule has 0 N–H and O–H groups in total. The van der Waals surface area contributed by atoms with Crippen molar-refractivity contribution in [2.75, 3.05) is 26.9 Å². The molecule has 152 valence electrons. The lowest BCUT2D eigenvalue weighted by molar-refractivity contribution is -0.135. The number of amides is 1. The number of benzene rings is 2. The van der Waals surface area contributed by atoms with Crippen LogP contribution in [0, 0.1) is 6.92 Å². The Balaban J connectivity index is 1.63. The summed E-state index contributed by atoms with van der Waals surface area (Å²) in [4.78, 5) is 15.6. The minimum Gasteiger partial charge on any atom is -0.493 e. The van der Waals surface area contributed by atoms with Crippen molar-refractivity contribution < 1.29 is 14.3 Å². The van der Waals surface area contributed by atoms with Crippen LogP contribution in [0.3, 0.4) is 0 Å². The van der Waals surface area contributed by atoms with Gasteiger partial charge in [-0.25, -0.2) is 0 Å². The van der Waals surface area contributed by atoms with Crippen molar-refractivity contribution in [2.24, 2.45) is 0 Å². The molecule has 3 aromatic rings. The average Bonchev–Trinajstić information content (AvgIpc) is 3.06.